The predicted octanol–water partition coefficient (Wildman–Crippen LogP) is 23.0. The number of nitrogens with zero attached hydrogens (tertiary/aromatic N) is 8. The Bertz CT molecular complexity index is 6510. The van der Waals surface area contributed by atoms with E-state index in [0.29, 0.717) is 0 Å². The smallest absolute Gasteiger partial charge is 0.0978 e. The van der Waals surface area contributed by atoms with Gasteiger partial charge in [0.1, 0.15) is 0 Å². The minimum absolute atomic E-state index is 0.929. The van der Waals surface area contributed by atoms with Crippen LogP contribution >= 0.6 is 0 Å². The van der Waals surface area contributed by atoms with Gasteiger partial charge in [-0.1, -0.05) is 231 Å². The monoisotopic (exact) mass is 1240 g/mol. The zero-order valence-electron chi connectivity index (χ0n) is 52.6. The summed E-state index contributed by atoms with van der Waals surface area (Å²) in [6, 6.07) is 103. The molecule has 0 N–H and O–H groups in total. The molecule has 0 radical (unpaired) electrons. The van der Waals surface area contributed by atoms with E-state index in [9.17, 15) is 0 Å². The molecule has 8 heterocycles. The van der Waals surface area contributed by atoms with Crippen LogP contribution in [0.15, 0.2) is 316 Å². The lowest BCUT2D eigenvalue weighted by molar-refractivity contribution is 1.40. The average molecular weight is 1250 g/mol. The molecule has 13 aromatic carbocycles. The standard InChI is InChI=1S/C46H26N4.C44H26N4/c1-3-11-39-35(9-1)41(37-21-15-27-7-5-23-47-43(27)45(37)49-39)31-17-19-33-29(25-31)13-14-30-26-32(18-20-34(30)33)42-36-10-2-4-12-40(36)50-46-38(42)22-16-28-8-6-24-48-44(28)46;1-3-11-37-33(9-1)39(35-23-21-31-7-5-25-45-41(31)43(35)47-37)29-17-13-27(14-18-29)28-15-19-30(20-16-28)40-34-10-2-4-12-38(34)48-44-36(40)24-22-32-8-6-26-46-42(32)44/h1-26H;1-26H. The van der Waals surface area contributed by atoms with E-state index in [0.717, 1.165) is 142 Å². The van der Waals surface area contributed by atoms with E-state index < -0.39 is 0 Å². The van der Waals surface area contributed by atoms with Crippen molar-refractivity contribution in [3.63, 3.8) is 0 Å². The lowest BCUT2D eigenvalue weighted by Gasteiger charge is -2.15. The zero-order valence-corrected chi connectivity index (χ0v) is 52.6. The number of hydrogen-bond donors (Lipinski definition) is 0. The van der Waals surface area contributed by atoms with Crippen LogP contribution in [0.4, 0.5) is 0 Å². The van der Waals surface area contributed by atoms with E-state index >= 15 is 0 Å². The van der Waals surface area contributed by atoms with E-state index in [1.807, 2.05) is 61.2 Å². The largest absolute Gasteiger partial charge is 0.254 e. The van der Waals surface area contributed by atoms with Crippen molar-refractivity contribution in [1.29, 1.82) is 0 Å². The van der Waals surface area contributed by atoms with Gasteiger partial charge in [-0.05, 0) is 116 Å². The molecule has 0 saturated heterocycles. The molecule has 8 aromatic heterocycles. The highest BCUT2D eigenvalue weighted by Crippen LogP contribution is 2.44. The minimum Gasteiger partial charge on any atom is -0.254 e. The molecule has 8 nitrogen and oxygen atoms in total. The van der Waals surface area contributed by atoms with Gasteiger partial charge < -0.3 is 0 Å². The van der Waals surface area contributed by atoms with Crippen LogP contribution in [0.3, 0.4) is 0 Å². The Morgan fingerprint density at radius 2 is 0.398 bits per heavy atom. The molecule has 0 saturated carbocycles. The van der Waals surface area contributed by atoms with Crippen molar-refractivity contribution in [3.8, 4) is 55.6 Å². The fourth-order valence-electron chi connectivity index (χ4n) is 15.3. The van der Waals surface area contributed by atoms with E-state index in [1.165, 1.54) is 66.1 Å². The van der Waals surface area contributed by atoms with Crippen molar-refractivity contribution in [1.82, 2.24) is 39.9 Å². The second kappa shape index (κ2) is 22.2. The molecule has 21 aromatic rings. The van der Waals surface area contributed by atoms with Gasteiger partial charge in [-0.15, -0.1) is 0 Å². The second-order valence-electron chi connectivity index (χ2n) is 25.3. The van der Waals surface area contributed by atoms with Crippen molar-refractivity contribution < 1.29 is 0 Å². The van der Waals surface area contributed by atoms with Crippen molar-refractivity contribution in [2.75, 3.05) is 0 Å². The van der Waals surface area contributed by atoms with Crippen LogP contribution in [0, 0.1) is 0 Å². The molecular formula is C90H52N8. The molecule has 452 valence electrons. The van der Waals surface area contributed by atoms with Crippen LogP contribution in [0.2, 0.25) is 0 Å². The van der Waals surface area contributed by atoms with Crippen LogP contribution in [0.5, 0.6) is 0 Å². The van der Waals surface area contributed by atoms with Crippen LogP contribution in [-0.2, 0) is 0 Å². The van der Waals surface area contributed by atoms with Crippen LogP contribution in [-0.4, -0.2) is 39.9 Å². The fraction of sp³-hybridized carbons (Fsp3) is 0. The summed E-state index contributed by atoms with van der Waals surface area (Å²) in [6.07, 6.45) is 7.39. The first-order valence-electron chi connectivity index (χ1n) is 33.0. The van der Waals surface area contributed by atoms with Gasteiger partial charge in [0.15, 0.2) is 0 Å². The highest BCUT2D eigenvalue weighted by molar-refractivity contribution is 6.21. The van der Waals surface area contributed by atoms with Gasteiger partial charge in [0.25, 0.3) is 0 Å². The van der Waals surface area contributed by atoms with Gasteiger partial charge in [-0.3, -0.25) is 19.9 Å². The SMILES string of the molecule is c1cnc2c(c1)ccc1c(-c3ccc(-c4ccc(-c5c6ccccc6nc6c5ccc5cccnc56)cc4)cc3)c3ccccc3nc12.c1cnc2c(c1)ccc1c(-c3ccc4c(ccc5cc(-c6c7ccccc7nc7c6ccc6cccnc67)ccc54)c3)c3ccccc3nc12. The minimum atomic E-state index is 0.929. The van der Waals surface area contributed by atoms with Crippen LogP contribution in [0.25, 0.3) is 208 Å². The summed E-state index contributed by atoms with van der Waals surface area (Å²) in [5, 5.41) is 18.2. The summed E-state index contributed by atoms with van der Waals surface area (Å²) >= 11 is 0. The van der Waals surface area contributed by atoms with E-state index in [2.05, 4.69) is 255 Å². The maximum atomic E-state index is 5.11. The lowest BCUT2D eigenvalue weighted by atomic mass is 9.91. The first-order chi connectivity index (χ1) is 48.6. The Hall–Kier alpha value is -13.3. The normalized spacial score (nSPS) is 11.9. The molecule has 0 unspecified atom stereocenters. The van der Waals surface area contributed by atoms with Gasteiger partial charge in [-0.25, -0.2) is 19.9 Å². The Balaban J connectivity index is 0.000000133. The molecule has 21 rings (SSSR count). The molecule has 8 heteroatoms. The summed E-state index contributed by atoms with van der Waals surface area (Å²) in [7, 11) is 0. The number of pyridine rings is 8. The summed E-state index contributed by atoms with van der Waals surface area (Å²) in [6.45, 7) is 0. The van der Waals surface area contributed by atoms with Crippen LogP contribution in [0.1, 0.15) is 0 Å². The van der Waals surface area contributed by atoms with Gasteiger partial charge in [-0.2, -0.15) is 0 Å². The molecule has 0 fully saturated rings. The van der Waals surface area contributed by atoms with Crippen molar-refractivity contribution in [2.24, 2.45) is 0 Å². The van der Waals surface area contributed by atoms with Gasteiger partial charge >= 0.3 is 0 Å². The molecule has 0 aliphatic heterocycles. The lowest BCUT2D eigenvalue weighted by Crippen LogP contribution is -1.92. The highest BCUT2D eigenvalue weighted by Gasteiger charge is 2.20. The second-order valence-corrected chi connectivity index (χ2v) is 25.3. The predicted molar refractivity (Wildman–Crippen MR) is 408 cm³/mol. The van der Waals surface area contributed by atoms with E-state index in [1.54, 1.807) is 0 Å². The number of para-hydroxylation sites is 4. The number of hydrogen-bond acceptors (Lipinski definition) is 8. The van der Waals surface area contributed by atoms with Gasteiger partial charge in [0.05, 0.1) is 66.2 Å². The Morgan fingerprint density at radius 1 is 0.153 bits per heavy atom. The molecule has 0 aliphatic carbocycles. The number of aromatic nitrogens is 8. The molecule has 0 aliphatic rings. The molecule has 0 bridgehead atoms. The highest BCUT2D eigenvalue weighted by atomic mass is 14.8. The van der Waals surface area contributed by atoms with E-state index in [-0.39, 0.29) is 0 Å². The van der Waals surface area contributed by atoms with E-state index in [4.69, 9.17) is 39.9 Å². The van der Waals surface area contributed by atoms with Gasteiger partial charge in [0.2, 0.25) is 0 Å². The third-order valence-electron chi connectivity index (χ3n) is 19.8. The first kappa shape index (κ1) is 55.2. The summed E-state index contributed by atoms with van der Waals surface area (Å²) in [4.78, 5) is 39.3. The maximum absolute atomic E-state index is 5.11. The van der Waals surface area contributed by atoms with Gasteiger partial charge in [0, 0.05) is 112 Å². The summed E-state index contributed by atoms with van der Waals surface area (Å²) in [5.41, 5.74) is 23.1. The third-order valence-corrected chi connectivity index (χ3v) is 19.8. The van der Waals surface area contributed by atoms with Crippen molar-refractivity contribution >= 4 is 152 Å². The first-order valence-corrected chi connectivity index (χ1v) is 33.0. The Labute approximate surface area is 560 Å². The molecule has 0 atom stereocenters. The van der Waals surface area contributed by atoms with Crippen molar-refractivity contribution in [3.05, 3.63) is 316 Å². The Kier molecular flexibility index (Phi) is 12.5. The van der Waals surface area contributed by atoms with Crippen LogP contribution < -0.4 is 0 Å². The molecular weight excluding hydrogens is 1190 g/mol. The number of rotatable bonds is 5. The average Bonchev–Trinajstić information content (AvgIpc) is 0.762. The quantitative estimate of drug-likeness (QED) is 0.124. The molecule has 0 amide bonds. The molecule has 0 spiro atoms. The maximum Gasteiger partial charge on any atom is 0.0978 e. The number of fused-ring (bicyclic) bond motifs is 19. The fourth-order valence-corrected chi connectivity index (χ4v) is 15.3. The number of benzene rings is 13. The summed E-state index contributed by atoms with van der Waals surface area (Å²) in [5.74, 6) is 0. The zero-order chi connectivity index (χ0) is 64.4. The third kappa shape index (κ3) is 8.85. The Morgan fingerprint density at radius 3 is 0.704 bits per heavy atom. The van der Waals surface area contributed by atoms with Crippen molar-refractivity contribution in [2.45, 2.75) is 0 Å². The topological polar surface area (TPSA) is 103 Å². The summed E-state index contributed by atoms with van der Waals surface area (Å²) < 4.78 is 0. The molecule has 98 heavy (non-hydrogen) atoms.